The Morgan fingerprint density at radius 1 is 1.24 bits per heavy atom. The summed E-state index contributed by atoms with van der Waals surface area (Å²) in [7, 11) is 0. The highest BCUT2D eigenvalue weighted by molar-refractivity contribution is 14.1. The van der Waals surface area contributed by atoms with E-state index in [1.807, 2.05) is 12.1 Å². The first-order chi connectivity index (χ1) is 8.25. The zero-order valence-electron chi connectivity index (χ0n) is 10.0. The van der Waals surface area contributed by atoms with Crippen LogP contribution in [0.3, 0.4) is 0 Å². The van der Waals surface area contributed by atoms with Gasteiger partial charge in [0.15, 0.2) is 0 Å². The van der Waals surface area contributed by atoms with Crippen LogP contribution in [0.2, 0.25) is 5.02 Å². The standard InChI is InChI=1S/C14H19ClIN/c15-12-6-7-14(13(16)10-12)17-9-8-11-4-2-1-3-5-11/h6-7,10-11,17H,1-5,8-9H2. The zero-order valence-corrected chi connectivity index (χ0v) is 12.9. The number of benzene rings is 1. The zero-order chi connectivity index (χ0) is 12.1. The van der Waals surface area contributed by atoms with Gasteiger partial charge in [-0.2, -0.15) is 0 Å². The predicted octanol–water partition coefficient (Wildman–Crippen LogP) is 5.33. The second-order valence-electron chi connectivity index (χ2n) is 4.84. The van der Waals surface area contributed by atoms with E-state index in [-0.39, 0.29) is 0 Å². The highest BCUT2D eigenvalue weighted by Gasteiger charge is 2.12. The van der Waals surface area contributed by atoms with Crippen LogP contribution < -0.4 is 5.32 Å². The van der Waals surface area contributed by atoms with Crippen LogP contribution >= 0.6 is 34.2 Å². The van der Waals surface area contributed by atoms with Crippen LogP contribution in [0.4, 0.5) is 5.69 Å². The van der Waals surface area contributed by atoms with Crippen molar-refractivity contribution in [1.29, 1.82) is 0 Å². The first-order valence-electron chi connectivity index (χ1n) is 6.44. The van der Waals surface area contributed by atoms with Crippen molar-refractivity contribution in [2.45, 2.75) is 38.5 Å². The molecule has 0 heterocycles. The van der Waals surface area contributed by atoms with E-state index in [2.05, 4.69) is 34.0 Å². The summed E-state index contributed by atoms with van der Waals surface area (Å²) in [6.07, 6.45) is 8.47. The van der Waals surface area contributed by atoms with Crippen LogP contribution in [-0.2, 0) is 0 Å². The van der Waals surface area contributed by atoms with Crippen LogP contribution in [0.5, 0.6) is 0 Å². The fourth-order valence-corrected chi connectivity index (χ4v) is 3.58. The van der Waals surface area contributed by atoms with E-state index in [4.69, 9.17) is 11.6 Å². The molecule has 1 saturated carbocycles. The molecule has 0 atom stereocenters. The van der Waals surface area contributed by atoms with Crippen molar-refractivity contribution in [2.24, 2.45) is 5.92 Å². The van der Waals surface area contributed by atoms with E-state index in [1.54, 1.807) is 0 Å². The average molecular weight is 364 g/mol. The van der Waals surface area contributed by atoms with Crippen molar-refractivity contribution in [3.05, 3.63) is 26.8 Å². The first-order valence-corrected chi connectivity index (χ1v) is 7.90. The van der Waals surface area contributed by atoms with Crippen molar-refractivity contribution < 1.29 is 0 Å². The van der Waals surface area contributed by atoms with Gasteiger partial charge in [-0.25, -0.2) is 0 Å². The van der Waals surface area contributed by atoms with Crippen molar-refractivity contribution in [3.63, 3.8) is 0 Å². The summed E-state index contributed by atoms with van der Waals surface area (Å²) in [5, 5.41) is 4.33. The third kappa shape index (κ3) is 4.32. The Balaban J connectivity index is 1.77. The Hall–Kier alpha value is 0.0400. The number of anilines is 1. The number of hydrogen-bond donors (Lipinski definition) is 1. The Morgan fingerprint density at radius 2 is 2.00 bits per heavy atom. The van der Waals surface area contributed by atoms with Crippen molar-refractivity contribution in [2.75, 3.05) is 11.9 Å². The molecule has 3 heteroatoms. The molecule has 0 amide bonds. The van der Waals surface area contributed by atoms with Gasteiger partial charge in [-0.1, -0.05) is 43.7 Å². The lowest BCUT2D eigenvalue weighted by Gasteiger charge is -2.21. The molecule has 94 valence electrons. The SMILES string of the molecule is Clc1ccc(NCCC2CCCCC2)c(I)c1. The molecule has 17 heavy (non-hydrogen) atoms. The molecule has 1 N–H and O–H groups in total. The quantitative estimate of drug-likeness (QED) is 0.713. The minimum atomic E-state index is 0.812. The normalized spacial score (nSPS) is 17.1. The molecule has 1 aromatic carbocycles. The second-order valence-corrected chi connectivity index (χ2v) is 6.44. The summed E-state index contributed by atoms with van der Waals surface area (Å²) in [6.45, 7) is 1.09. The smallest absolute Gasteiger partial charge is 0.0476 e. The van der Waals surface area contributed by atoms with Gasteiger partial charge in [0.1, 0.15) is 0 Å². The summed E-state index contributed by atoms with van der Waals surface area (Å²) in [5.74, 6) is 0.946. The fourth-order valence-electron chi connectivity index (χ4n) is 2.52. The minimum Gasteiger partial charge on any atom is -0.384 e. The molecule has 1 aliphatic carbocycles. The van der Waals surface area contributed by atoms with Gasteiger partial charge in [0, 0.05) is 20.8 Å². The third-order valence-electron chi connectivity index (χ3n) is 3.52. The topological polar surface area (TPSA) is 12.0 Å². The van der Waals surface area contributed by atoms with E-state index >= 15 is 0 Å². The Kier molecular flexibility index (Phi) is 5.42. The number of halogens is 2. The van der Waals surface area contributed by atoms with Gasteiger partial charge in [0.2, 0.25) is 0 Å². The molecule has 0 unspecified atom stereocenters. The molecule has 1 nitrogen and oxygen atoms in total. The molecular formula is C14H19ClIN. The van der Waals surface area contributed by atoms with Gasteiger partial charge in [-0.05, 0) is 53.1 Å². The molecule has 0 aliphatic heterocycles. The Morgan fingerprint density at radius 3 is 2.71 bits per heavy atom. The van der Waals surface area contributed by atoms with E-state index < -0.39 is 0 Å². The summed E-state index contributed by atoms with van der Waals surface area (Å²) in [4.78, 5) is 0. The van der Waals surface area contributed by atoms with Crippen LogP contribution in [-0.4, -0.2) is 6.54 Å². The number of nitrogens with one attached hydrogen (secondary N) is 1. The van der Waals surface area contributed by atoms with Gasteiger partial charge in [0.05, 0.1) is 0 Å². The Labute approximate surface area is 122 Å². The highest BCUT2D eigenvalue weighted by Crippen LogP contribution is 2.27. The molecule has 2 rings (SSSR count). The molecule has 0 spiro atoms. The lowest BCUT2D eigenvalue weighted by Crippen LogP contribution is -2.12. The highest BCUT2D eigenvalue weighted by atomic mass is 127. The van der Waals surface area contributed by atoms with Gasteiger partial charge in [0.25, 0.3) is 0 Å². The molecule has 0 bridgehead atoms. The molecular weight excluding hydrogens is 345 g/mol. The number of rotatable bonds is 4. The van der Waals surface area contributed by atoms with E-state index in [0.717, 1.165) is 17.5 Å². The molecule has 1 fully saturated rings. The van der Waals surface area contributed by atoms with Gasteiger partial charge < -0.3 is 5.32 Å². The van der Waals surface area contributed by atoms with E-state index in [0.29, 0.717) is 0 Å². The molecule has 0 radical (unpaired) electrons. The monoisotopic (exact) mass is 363 g/mol. The van der Waals surface area contributed by atoms with Crippen molar-refractivity contribution >= 4 is 39.9 Å². The second kappa shape index (κ2) is 6.83. The molecule has 1 aromatic rings. The molecule has 1 aliphatic rings. The maximum Gasteiger partial charge on any atom is 0.0476 e. The summed E-state index contributed by atoms with van der Waals surface area (Å²) < 4.78 is 1.21. The van der Waals surface area contributed by atoms with Crippen LogP contribution in [0.1, 0.15) is 38.5 Å². The van der Waals surface area contributed by atoms with Gasteiger partial charge >= 0.3 is 0 Å². The predicted molar refractivity (Wildman–Crippen MR) is 83.9 cm³/mol. The van der Waals surface area contributed by atoms with Crippen molar-refractivity contribution in [1.82, 2.24) is 0 Å². The van der Waals surface area contributed by atoms with Gasteiger partial charge in [-0.3, -0.25) is 0 Å². The fraction of sp³-hybridized carbons (Fsp3) is 0.571. The van der Waals surface area contributed by atoms with Gasteiger partial charge in [-0.15, -0.1) is 0 Å². The van der Waals surface area contributed by atoms with Crippen LogP contribution in [0.15, 0.2) is 18.2 Å². The number of hydrogen-bond acceptors (Lipinski definition) is 1. The lowest BCUT2D eigenvalue weighted by molar-refractivity contribution is 0.345. The largest absolute Gasteiger partial charge is 0.384 e. The van der Waals surface area contributed by atoms with Crippen molar-refractivity contribution in [3.8, 4) is 0 Å². The molecule has 0 aromatic heterocycles. The van der Waals surface area contributed by atoms with Crippen LogP contribution in [0.25, 0.3) is 0 Å². The van der Waals surface area contributed by atoms with E-state index in [1.165, 1.54) is 47.8 Å². The van der Waals surface area contributed by atoms with Crippen LogP contribution in [0, 0.1) is 9.49 Å². The maximum atomic E-state index is 5.94. The molecule has 0 saturated heterocycles. The minimum absolute atomic E-state index is 0.812. The van der Waals surface area contributed by atoms with E-state index in [9.17, 15) is 0 Å². The lowest BCUT2D eigenvalue weighted by atomic mass is 9.87. The summed E-state index contributed by atoms with van der Waals surface area (Å²) in [6, 6.07) is 6.03. The maximum absolute atomic E-state index is 5.94. The summed E-state index contributed by atoms with van der Waals surface area (Å²) in [5.41, 5.74) is 1.21. The Bertz CT molecular complexity index is 361. The third-order valence-corrected chi connectivity index (χ3v) is 4.65. The average Bonchev–Trinajstić information content (AvgIpc) is 2.33. The first kappa shape index (κ1) is 13.5. The summed E-state index contributed by atoms with van der Waals surface area (Å²) >= 11 is 8.27.